The Kier molecular flexibility index (Phi) is 4.06. The van der Waals surface area contributed by atoms with E-state index in [1.165, 1.54) is 12.1 Å². The van der Waals surface area contributed by atoms with Crippen LogP contribution in [0, 0.1) is 15.2 Å². The predicted octanol–water partition coefficient (Wildman–Crippen LogP) is 3.99. The van der Waals surface area contributed by atoms with E-state index in [-0.39, 0.29) is 17.8 Å². The number of halogens is 3. The van der Waals surface area contributed by atoms with E-state index in [0.717, 1.165) is 9.64 Å². The molecule has 0 aliphatic carbocycles. The van der Waals surface area contributed by atoms with Gasteiger partial charge in [-0.3, -0.25) is 4.79 Å². The molecule has 0 N–H and O–H groups in total. The van der Waals surface area contributed by atoms with E-state index in [1.54, 1.807) is 24.3 Å². The Morgan fingerprint density at radius 1 is 1.06 bits per heavy atom. The fourth-order valence-corrected chi connectivity index (χ4v) is 1.96. The Balaban J connectivity index is 2.21. The highest BCUT2D eigenvalue weighted by Gasteiger charge is 2.12. The molecule has 0 unspecified atom stereocenters. The minimum Gasteiger partial charge on any atom is -0.294 e. The monoisotopic (exact) mass is 358 g/mol. The second kappa shape index (κ2) is 5.56. The fraction of sp³-hybridized carbons (Fsp3) is 0.0714. The molecule has 18 heavy (non-hydrogen) atoms. The summed E-state index contributed by atoms with van der Waals surface area (Å²) in [7, 11) is 0. The highest BCUT2D eigenvalue weighted by molar-refractivity contribution is 14.1. The molecule has 0 fully saturated rings. The Labute approximate surface area is 117 Å². The third-order valence-corrected chi connectivity index (χ3v) is 3.27. The number of carbonyl (C=O) groups excluding carboxylic acids is 1. The van der Waals surface area contributed by atoms with Crippen molar-refractivity contribution in [2.45, 2.75) is 6.42 Å². The lowest BCUT2D eigenvalue weighted by Gasteiger charge is -2.04. The molecular formula is C14H9F2IO. The maximum atomic E-state index is 13.4. The van der Waals surface area contributed by atoms with Crippen molar-refractivity contribution in [2.75, 3.05) is 0 Å². The second-order valence-electron chi connectivity index (χ2n) is 3.82. The van der Waals surface area contributed by atoms with E-state index in [4.69, 9.17) is 0 Å². The minimum atomic E-state index is -0.948. The lowest BCUT2D eigenvalue weighted by Crippen LogP contribution is -2.06. The van der Waals surface area contributed by atoms with Crippen LogP contribution in [0.5, 0.6) is 0 Å². The summed E-state index contributed by atoms with van der Waals surface area (Å²) >= 11 is 2.13. The first-order chi connectivity index (χ1) is 8.58. The van der Waals surface area contributed by atoms with Gasteiger partial charge in [0.2, 0.25) is 0 Å². The molecule has 0 aliphatic rings. The van der Waals surface area contributed by atoms with Crippen LogP contribution in [-0.4, -0.2) is 5.78 Å². The summed E-state index contributed by atoms with van der Waals surface area (Å²) < 4.78 is 27.4. The van der Waals surface area contributed by atoms with Crippen molar-refractivity contribution in [1.29, 1.82) is 0 Å². The molecule has 0 aromatic heterocycles. The number of rotatable bonds is 3. The van der Waals surface area contributed by atoms with Gasteiger partial charge in [-0.25, -0.2) is 8.78 Å². The van der Waals surface area contributed by atoms with Crippen LogP contribution in [0.2, 0.25) is 0 Å². The Bertz CT molecular complexity index is 579. The first-order valence-electron chi connectivity index (χ1n) is 5.29. The van der Waals surface area contributed by atoms with Gasteiger partial charge in [0, 0.05) is 15.6 Å². The maximum absolute atomic E-state index is 13.4. The van der Waals surface area contributed by atoms with Gasteiger partial charge in [-0.1, -0.05) is 24.3 Å². The molecule has 0 spiro atoms. The smallest absolute Gasteiger partial charge is 0.167 e. The van der Waals surface area contributed by atoms with Crippen molar-refractivity contribution in [1.82, 2.24) is 0 Å². The number of benzene rings is 2. The first kappa shape index (κ1) is 13.1. The molecule has 0 heterocycles. The largest absolute Gasteiger partial charge is 0.294 e. The standard InChI is InChI=1S/C14H9F2IO/c15-12-3-1-2-10(14(12)16)8-13(18)9-4-6-11(17)7-5-9/h1-7H,8H2. The molecule has 2 aromatic carbocycles. The van der Waals surface area contributed by atoms with E-state index >= 15 is 0 Å². The predicted molar refractivity (Wildman–Crippen MR) is 73.6 cm³/mol. The van der Waals surface area contributed by atoms with Gasteiger partial charge in [0.05, 0.1) is 0 Å². The third-order valence-electron chi connectivity index (χ3n) is 2.55. The van der Waals surface area contributed by atoms with Crippen LogP contribution < -0.4 is 0 Å². The molecule has 0 aliphatic heterocycles. The van der Waals surface area contributed by atoms with E-state index < -0.39 is 11.6 Å². The zero-order valence-electron chi connectivity index (χ0n) is 9.29. The van der Waals surface area contributed by atoms with Gasteiger partial charge in [0.1, 0.15) is 0 Å². The molecule has 0 saturated heterocycles. The van der Waals surface area contributed by atoms with Crippen molar-refractivity contribution in [2.24, 2.45) is 0 Å². The van der Waals surface area contributed by atoms with Crippen molar-refractivity contribution >= 4 is 28.4 Å². The summed E-state index contributed by atoms with van der Waals surface area (Å²) in [6, 6.07) is 10.8. The number of hydrogen-bond acceptors (Lipinski definition) is 1. The quantitative estimate of drug-likeness (QED) is 0.599. The van der Waals surface area contributed by atoms with Crippen LogP contribution >= 0.6 is 22.6 Å². The Morgan fingerprint density at radius 3 is 2.39 bits per heavy atom. The highest BCUT2D eigenvalue weighted by atomic mass is 127. The summed E-state index contributed by atoms with van der Waals surface area (Å²) in [5.41, 5.74) is 0.581. The van der Waals surface area contributed by atoms with Crippen molar-refractivity contribution in [3.05, 3.63) is 68.8 Å². The lowest BCUT2D eigenvalue weighted by molar-refractivity contribution is 0.0991. The van der Waals surface area contributed by atoms with Gasteiger partial charge >= 0.3 is 0 Å². The van der Waals surface area contributed by atoms with Gasteiger partial charge in [-0.2, -0.15) is 0 Å². The van der Waals surface area contributed by atoms with Crippen molar-refractivity contribution in [3.8, 4) is 0 Å². The Hall–Kier alpha value is -1.30. The average Bonchev–Trinajstić information content (AvgIpc) is 2.36. The highest BCUT2D eigenvalue weighted by Crippen LogP contribution is 2.15. The van der Waals surface area contributed by atoms with Gasteiger partial charge in [0.15, 0.2) is 17.4 Å². The molecule has 92 valence electrons. The molecule has 0 amide bonds. The molecule has 0 radical (unpaired) electrons. The number of hydrogen-bond donors (Lipinski definition) is 0. The topological polar surface area (TPSA) is 17.1 Å². The first-order valence-corrected chi connectivity index (χ1v) is 6.37. The van der Waals surface area contributed by atoms with Crippen LogP contribution in [0.15, 0.2) is 42.5 Å². The third kappa shape index (κ3) is 2.93. The normalized spacial score (nSPS) is 10.4. The molecule has 1 nitrogen and oxygen atoms in total. The molecule has 4 heteroatoms. The minimum absolute atomic E-state index is 0.0820. The zero-order chi connectivity index (χ0) is 13.1. The maximum Gasteiger partial charge on any atom is 0.167 e. The van der Waals surface area contributed by atoms with E-state index in [2.05, 4.69) is 22.6 Å². The van der Waals surface area contributed by atoms with Crippen molar-refractivity contribution < 1.29 is 13.6 Å². The lowest BCUT2D eigenvalue weighted by atomic mass is 10.0. The molecule has 0 atom stereocenters. The number of ketones is 1. The molecule has 2 aromatic rings. The van der Waals surface area contributed by atoms with E-state index in [9.17, 15) is 13.6 Å². The van der Waals surface area contributed by atoms with Gasteiger partial charge in [-0.05, 0) is 46.4 Å². The summed E-state index contributed by atoms with van der Waals surface area (Å²) in [5, 5.41) is 0. The van der Waals surface area contributed by atoms with Crippen LogP contribution in [-0.2, 0) is 6.42 Å². The summed E-state index contributed by atoms with van der Waals surface area (Å²) in [6.07, 6.45) is -0.135. The molecule has 0 saturated carbocycles. The van der Waals surface area contributed by atoms with Gasteiger partial charge in [0.25, 0.3) is 0 Å². The van der Waals surface area contributed by atoms with Crippen LogP contribution in [0.4, 0.5) is 8.78 Å². The van der Waals surface area contributed by atoms with Gasteiger partial charge in [-0.15, -0.1) is 0 Å². The second-order valence-corrected chi connectivity index (χ2v) is 5.07. The fourth-order valence-electron chi connectivity index (χ4n) is 1.60. The van der Waals surface area contributed by atoms with Crippen LogP contribution in [0.1, 0.15) is 15.9 Å². The van der Waals surface area contributed by atoms with Crippen molar-refractivity contribution in [3.63, 3.8) is 0 Å². The summed E-state index contributed by atoms with van der Waals surface area (Å²) in [6.45, 7) is 0. The number of carbonyl (C=O) groups is 1. The van der Waals surface area contributed by atoms with E-state index in [0.29, 0.717) is 5.56 Å². The summed E-state index contributed by atoms with van der Waals surface area (Å²) in [4.78, 5) is 11.9. The Morgan fingerprint density at radius 2 is 1.72 bits per heavy atom. The molecule has 0 bridgehead atoms. The molecular weight excluding hydrogens is 349 g/mol. The van der Waals surface area contributed by atoms with E-state index in [1.807, 2.05) is 0 Å². The van der Waals surface area contributed by atoms with Gasteiger partial charge < -0.3 is 0 Å². The number of Topliss-reactive ketones (excluding diaryl/α,β-unsaturated/α-hetero) is 1. The summed E-state index contributed by atoms with van der Waals surface area (Å²) in [5.74, 6) is -2.10. The zero-order valence-corrected chi connectivity index (χ0v) is 11.4. The molecule has 2 rings (SSSR count). The van der Waals surface area contributed by atoms with Crippen LogP contribution in [0.3, 0.4) is 0 Å². The van der Waals surface area contributed by atoms with Crippen LogP contribution in [0.25, 0.3) is 0 Å². The average molecular weight is 358 g/mol. The SMILES string of the molecule is O=C(Cc1cccc(F)c1F)c1ccc(I)cc1.